The number of rotatable bonds is 12. The average molecular weight is 494 g/mol. The average Bonchev–Trinajstić information content (AvgIpc) is 2.86. The number of carbonyl (C=O) groups excluding carboxylic acids is 2. The molecule has 0 saturated carbocycles. The van der Waals surface area contributed by atoms with Gasteiger partial charge in [0.05, 0.1) is 12.8 Å². The highest BCUT2D eigenvalue weighted by molar-refractivity contribution is 6.30. The van der Waals surface area contributed by atoms with Crippen molar-refractivity contribution < 1.29 is 24.2 Å². The number of esters is 1. The van der Waals surface area contributed by atoms with Crippen LogP contribution in [0.5, 0.6) is 0 Å². The van der Waals surface area contributed by atoms with Gasteiger partial charge in [-0.1, -0.05) is 78.3 Å². The fraction of sp³-hybridized carbons (Fsp3) is 0.250. The molecule has 3 aromatic rings. The van der Waals surface area contributed by atoms with Gasteiger partial charge < -0.3 is 15.2 Å². The molecule has 3 rings (SSSR count). The Kier molecular flexibility index (Phi) is 9.87. The van der Waals surface area contributed by atoms with Crippen LogP contribution in [0, 0.1) is 0 Å². The van der Waals surface area contributed by atoms with E-state index in [9.17, 15) is 14.4 Å². The van der Waals surface area contributed by atoms with Crippen LogP contribution >= 0.6 is 11.6 Å². The molecule has 0 bridgehead atoms. The fourth-order valence-electron chi connectivity index (χ4n) is 3.62. The molecule has 2 N–H and O–H groups in total. The highest BCUT2D eigenvalue weighted by atomic mass is 35.5. The Balaban J connectivity index is 1.58. The van der Waals surface area contributed by atoms with E-state index in [4.69, 9.17) is 21.4 Å². The largest absolute Gasteiger partial charge is 0.481 e. The second kappa shape index (κ2) is 13.3. The van der Waals surface area contributed by atoms with Crippen molar-refractivity contribution in [1.29, 1.82) is 0 Å². The van der Waals surface area contributed by atoms with Crippen molar-refractivity contribution in [3.05, 3.63) is 95.0 Å². The van der Waals surface area contributed by atoms with Crippen molar-refractivity contribution in [2.45, 2.75) is 44.8 Å². The number of aliphatic carboxylic acids is 1. The van der Waals surface area contributed by atoms with Crippen molar-refractivity contribution in [2.24, 2.45) is 0 Å². The number of ether oxygens (including phenoxy) is 1. The summed E-state index contributed by atoms with van der Waals surface area (Å²) in [6.45, 7) is 0.157. The number of aryl methyl sites for hydroxylation is 1. The fourth-order valence-corrected chi connectivity index (χ4v) is 3.81. The first-order valence-electron chi connectivity index (χ1n) is 11.4. The van der Waals surface area contributed by atoms with E-state index in [0.29, 0.717) is 17.9 Å². The maximum Gasteiger partial charge on any atom is 0.308 e. The van der Waals surface area contributed by atoms with Crippen LogP contribution < -0.4 is 5.32 Å². The number of nitrogens with one attached hydrogen (secondary N) is 1. The number of amides is 1. The Morgan fingerprint density at radius 2 is 1.60 bits per heavy atom. The zero-order chi connectivity index (χ0) is 25.0. The molecule has 0 spiro atoms. The third-order valence-corrected chi connectivity index (χ3v) is 5.72. The van der Waals surface area contributed by atoms with Crippen LogP contribution in [0.4, 0.5) is 0 Å². The predicted molar refractivity (Wildman–Crippen MR) is 135 cm³/mol. The van der Waals surface area contributed by atoms with E-state index >= 15 is 0 Å². The summed E-state index contributed by atoms with van der Waals surface area (Å²) in [5, 5.41) is 12.3. The highest BCUT2D eigenvalue weighted by Gasteiger charge is 2.18. The topological polar surface area (TPSA) is 92.7 Å². The zero-order valence-electron chi connectivity index (χ0n) is 19.3. The molecule has 1 amide bonds. The summed E-state index contributed by atoms with van der Waals surface area (Å²) in [6.07, 6.45) is 0.745. The summed E-state index contributed by atoms with van der Waals surface area (Å²) >= 11 is 6.09. The van der Waals surface area contributed by atoms with Gasteiger partial charge in [0.1, 0.15) is 6.61 Å². The molecule has 7 heteroatoms. The Morgan fingerprint density at radius 1 is 0.857 bits per heavy atom. The molecule has 1 atom stereocenters. The quantitative estimate of drug-likeness (QED) is 0.328. The van der Waals surface area contributed by atoms with Crippen LogP contribution in [0.3, 0.4) is 0 Å². The predicted octanol–water partition coefficient (Wildman–Crippen LogP) is 5.42. The van der Waals surface area contributed by atoms with Gasteiger partial charge in [-0.2, -0.15) is 0 Å². The Labute approximate surface area is 209 Å². The maximum absolute atomic E-state index is 12.4. The maximum atomic E-state index is 12.4. The Morgan fingerprint density at radius 3 is 2.29 bits per heavy atom. The van der Waals surface area contributed by atoms with E-state index in [-0.39, 0.29) is 25.9 Å². The lowest BCUT2D eigenvalue weighted by Crippen LogP contribution is -2.37. The number of halogens is 1. The molecule has 0 radical (unpaired) electrons. The molecule has 6 nitrogen and oxygen atoms in total. The van der Waals surface area contributed by atoms with E-state index in [0.717, 1.165) is 22.3 Å². The molecule has 0 aliphatic heterocycles. The molecule has 0 saturated heterocycles. The van der Waals surface area contributed by atoms with Crippen LogP contribution in [0.15, 0.2) is 78.9 Å². The van der Waals surface area contributed by atoms with E-state index in [1.165, 1.54) is 0 Å². The number of carbonyl (C=O) groups is 3. The molecule has 0 aromatic heterocycles. The monoisotopic (exact) mass is 493 g/mol. The van der Waals surface area contributed by atoms with Crippen LogP contribution in [-0.4, -0.2) is 29.0 Å². The van der Waals surface area contributed by atoms with Gasteiger partial charge in [0, 0.05) is 17.5 Å². The third-order valence-electron chi connectivity index (χ3n) is 5.48. The number of hydrogen-bond acceptors (Lipinski definition) is 4. The highest BCUT2D eigenvalue weighted by Crippen LogP contribution is 2.23. The standard InChI is InChI=1S/C28H28ClNO5/c29-24-8-4-7-23(17-24)22-12-9-20(10-13-22)11-14-25(30-26(31)15-16-27(32)33)18-28(34)35-19-21-5-2-1-3-6-21/h1-10,12-13,17,25H,11,14-16,18-19H2,(H,30,31)(H,32,33)/t25-/m1/s1. The van der Waals surface area contributed by atoms with Crippen LogP contribution in [0.1, 0.15) is 36.8 Å². The molecule has 3 aromatic carbocycles. The van der Waals surface area contributed by atoms with Gasteiger partial charge in [0.2, 0.25) is 5.91 Å². The first-order chi connectivity index (χ1) is 16.9. The molecule has 0 aliphatic carbocycles. The normalized spacial score (nSPS) is 11.5. The van der Waals surface area contributed by atoms with Crippen LogP contribution in [-0.2, 0) is 32.1 Å². The number of hydrogen-bond donors (Lipinski definition) is 2. The number of carboxylic acids is 1. The van der Waals surface area contributed by atoms with Crippen LogP contribution in [0.2, 0.25) is 5.02 Å². The van der Waals surface area contributed by atoms with Crippen molar-refractivity contribution >= 4 is 29.4 Å². The Bertz CT molecular complexity index is 1130. The molecule has 0 heterocycles. The van der Waals surface area contributed by atoms with E-state index in [2.05, 4.69) is 5.32 Å². The molecule has 0 unspecified atom stereocenters. The summed E-state index contributed by atoms with van der Waals surface area (Å²) in [6, 6.07) is 24.5. The van der Waals surface area contributed by atoms with Gasteiger partial charge >= 0.3 is 11.9 Å². The van der Waals surface area contributed by atoms with Crippen molar-refractivity contribution in [3.8, 4) is 11.1 Å². The van der Waals surface area contributed by atoms with Crippen molar-refractivity contribution in [2.75, 3.05) is 0 Å². The van der Waals surface area contributed by atoms with E-state index in [1.54, 1.807) is 0 Å². The molecule has 182 valence electrons. The Hall–Kier alpha value is -3.64. The second-order valence-electron chi connectivity index (χ2n) is 8.25. The van der Waals surface area contributed by atoms with Gasteiger partial charge in [0.15, 0.2) is 0 Å². The summed E-state index contributed by atoms with van der Waals surface area (Å²) in [7, 11) is 0. The minimum atomic E-state index is -1.04. The van der Waals surface area contributed by atoms with Gasteiger partial charge in [0.25, 0.3) is 0 Å². The van der Waals surface area contributed by atoms with Gasteiger partial charge in [-0.15, -0.1) is 0 Å². The molecule has 35 heavy (non-hydrogen) atoms. The van der Waals surface area contributed by atoms with Crippen molar-refractivity contribution in [3.63, 3.8) is 0 Å². The first-order valence-corrected chi connectivity index (χ1v) is 11.8. The smallest absolute Gasteiger partial charge is 0.308 e. The lowest BCUT2D eigenvalue weighted by molar-refractivity contribution is -0.146. The molecular formula is C28H28ClNO5. The van der Waals surface area contributed by atoms with Crippen molar-refractivity contribution in [1.82, 2.24) is 5.32 Å². The number of carboxylic acid groups (broad SMARTS) is 1. The first kappa shape index (κ1) is 26.0. The summed E-state index contributed by atoms with van der Waals surface area (Å²) in [5.74, 6) is -1.86. The second-order valence-corrected chi connectivity index (χ2v) is 8.69. The zero-order valence-corrected chi connectivity index (χ0v) is 20.0. The minimum Gasteiger partial charge on any atom is -0.481 e. The van der Waals surface area contributed by atoms with E-state index < -0.39 is 23.9 Å². The molecule has 0 aliphatic rings. The van der Waals surface area contributed by atoms with Gasteiger partial charge in [-0.05, 0) is 47.2 Å². The van der Waals surface area contributed by atoms with Gasteiger partial charge in [-0.3, -0.25) is 14.4 Å². The molecular weight excluding hydrogens is 466 g/mol. The van der Waals surface area contributed by atoms with Gasteiger partial charge in [-0.25, -0.2) is 0 Å². The number of benzene rings is 3. The van der Waals surface area contributed by atoms with Crippen LogP contribution in [0.25, 0.3) is 11.1 Å². The summed E-state index contributed by atoms with van der Waals surface area (Å²) < 4.78 is 5.37. The summed E-state index contributed by atoms with van der Waals surface area (Å²) in [5.41, 5.74) is 3.99. The van der Waals surface area contributed by atoms with E-state index in [1.807, 2.05) is 78.9 Å². The SMILES string of the molecule is O=C(O)CCC(=O)N[C@H](CCc1ccc(-c2cccc(Cl)c2)cc1)CC(=O)OCc1ccccc1. The summed E-state index contributed by atoms with van der Waals surface area (Å²) in [4.78, 5) is 35.4. The molecule has 0 fully saturated rings. The minimum absolute atomic E-state index is 0.00619. The lowest BCUT2D eigenvalue weighted by Gasteiger charge is -2.18. The third kappa shape index (κ3) is 9.26. The lowest BCUT2D eigenvalue weighted by atomic mass is 9.99.